The molecule has 1 aromatic heterocycles. The summed E-state index contributed by atoms with van der Waals surface area (Å²) in [5.41, 5.74) is 1.85. The first-order valence-electron chi connectivity index (χ1n) is 14.4. The predicted octanol–water partition coefficient (Wildman–Crippen LogP) is 5.23. The van der Waals surface area contributed by atoms with E-state index in [1.807, 2.05) is 17.0 Å². The second-order valence-electron chi connectivity index (χ2n) is 12.1. The molecular weight excluding hydrogens is 521 g/mol. The Bertz CT molecular complexity index is 1380. The highest BCUT2D eigenvalue weighted by Gasteiger charge is 2.53. The molecule has 5 rings (SSSR count). The van der Waals surface area contributed by atoms with E-state index in [-0.39, 0.29) is 30.2 Å². The third-order valence-electron chi connectivity index (χ3n) is 8.15. The Balaban J connectivity index is 1.49. The van der Waals surface area contributed by atoms with Crippen LogP contribution >= 0.6 is 0 Å². The van der Waals surface area contributed by atoms with Crippen molar-refractivity contribution in [2.45, 2.75) is 78.0 Å². The van der Waals surface area contributed by atoms with Crippen LogP contribution in [0.4, 0.5) is 4.39 Å². The minimum absolute atomic E-state index is 0.117. The lowest BCUT2D eigenvalue weighted by Crippen LogP contribution is -2.52. The maximum absolute atomic E-state index is 14.3. The van der Waals surface area contributed by atoms with Crippen LogP contribution in [-0.2, 0) is 11.3 Å². The monoisotopic (exact) mass is 559 g/mol. The van der Waals surface area contributed by atoms with Crippen molar-refractivity contribution in [1.82, 2.24) is 30.8 Å². The number of aromatic amines is 1. The van der Waals surface area contributed by atoms with E-state index in [1.165, 1.54) is 12.1 Å². The molecule has 2 aliphatic rings. The average molecular weight is 560 g/mol. The van der Waals surface area contributed by atoms with E-state index in [2.05, 4.69) is 53.6 Å². The van der Waals surface area contributed by atoms with E-state index in [9.17, 15) is 14.0 Å². The van der Waals surface area contributed by atoms with Crippen molar-refractivity contribution in [3.63, 3.8) is 0 Å². The average Bonchev–Trinajstić information content (AvgIpc) is 3.54. The largest absolute Gasteiger partial charge is 0.345 e. The first-order chi connectivity index (χ1) is 19.6. The quantitative estimate of drug-likeness (QED) is 0.372. The number of carbonyl (C=O) groups is 2. The summed E-state index contributed by atoms with van der Waals surface area (Å²) in [5, 5.41) is 16.4. The predicted molar refractivity (Wildman–Crippen MR) is 153 cm³/mol. The summed E-state index contributed by atoms with van der Waals surface area (Å²) in [4.78, 5) is 34.3. The minimum Gasteiger partial charge on any atom is -0.345 e. The molecule has 2 heterocycles. The standard InChI is InChI=1S/C31H38FN7O2/c1-19(2)5-14-26(22-6-8-24(9-7-22)29(40)33-18-27-35-37-38-36-27)39-30(41)28(23-10-12-25(32)13-11-23)34-31(39)16-20(3)15-21(4)17-31/h6-13,19-21,26H,5,14-18H2,1-4H3,(H,33,40)(H,35,36,37,38). The molecular formula is C31H38FN7O2. The molecule has 10 heteroatoms. The van der Waals surface area contributed by atoms with Crippen LogP contribution in [-0.4, -0.2) is 48.7 Å². The topological polar surface area (TPSA) is 116 Å². The molecule has 2 aromatic carbocycles. The highest BCUT2D eigenvalue weighted by atomic mass is 19.1. The number of H-pyrrole nitrogens is 1. The van der Waals surface area contributed by atoms with Gasteiger partial charge in [0.2, 0.25) is 0 Å². The first kappa shape index (κ1) is 28.6. The number of tetrazole rings is 1. The van der Waals surface area contributed by atoms with Gasteiger partial charge in [-0.05, 0) is 91.8 Å². The number of carbonyl (C=O) groups excluding carboxylic acids is 2. The van der Waals surface area contributed by atoms with Crippen LogP contribution in [0.3, 0.4) is 0 Å². The molecule has 0 radical (unpaired) electrons. The van der Waals surface area contributed by atoms with Gasteiger partial charge in [-0.15, -0.1) is 10.2 Å². The van der Waals surface area contributed by atoms with E-state index in [0.717, 1.165) is 37.7 Å². The molecule has 9 nitrogen and oxygen atoms in total. The fraction of sp³-hybridized carbons (Fsp3) is 0.484. The zero-order valence-corrected chi connectivity index (χ0v) is 24.1. The lowest BCUT2D eigenvalue weighted by Gasteiger charge is -2.47. The molecule has 3 unspecified atom stereocenters. The molecule has 1 spiro atoms. The molecule has 2 amide bonds. The van der Waals surface area contributed by atoms with Crippen molar-refractivity contribution < 1.29 is 14.0 Å². The smallest absolute Gasteiger partial charge is 0.275 e. The lowest BCUT2D eigenvalue weighted by molar-refractivity contribution is -0.134. The first-order valence-corrected chi connectivity index (χ1v) is 14.4. The van der Waals surface area contributed by atoms with E-state index < -0.39 is 5.66 Å². The van der Waals surface area contributed by atoms with E-state index in [0.29, 0.717) is 40.4 Å². The number of hydrogen-bond acceptors (Lipinski definition) is 6. The number of nitrogens with zero attached hydrogens (tertiary/aromatic N) is 5. The third kappa shape index (κ3) is 6.21. The molecule has 3 aromatic rings. The van der Waals surface area contributed by atoms with E-state index >= 15 is 0 Å². The van der Waals surface area contributed by atoms with Crippen molar-refractivity contribution in [1.29, 1.82) is 0 Å². The zero-order valence-electron chi connectivity index (χ0n) is 24.1. The van der Waals surface area contributed by atoms with Gasteiger partial charge in [0.1, 0.15) is 17.2 Å². The summed E-state index contributed by atoms with van der Waals surface area (Å²) in [7, 11) is 0. The van der Waals surface area contributed by atoms with Crippen molar-refractivity contribution in [3.8, 4) is 0 Å². The molecule has 1 aliphatic carbocycles. The van der Waals surface area contributed by atoms with Crippen LogP contribution < -0.4 is 5.32 Å². The molecule has 216 valence electrons. The van der Waals surface area contributed by atoms with Crippen LogP contribution in [0.2, 0.25) is 0 Å². The Morgan fingerprint density at radius 2 is 1.76 bits per heavy atom. The van der Waals surface area contributed by atoms with Crippen molar-refractivity contribution in [2.24, 2.45) is 22.7 Å². The summed E-state index contributed by atoms with van der Waals surface area (Å²) in [6, 6.07) is 13.3. The Hall–Kier alpha value is -3.95. The number of aromatic nitrogens is 4. The SMILES string of the molecule is CC(C)CCC(c1ccc(C(=O)NCc2nn[nH]n2)cc1)N1C(=O)C(c2ccc(F)cc2)=NC12CC(C)CC(C)C2. The van der Waals surface area contributed by atoms with E-state index in [1.54, 1.807) is 24.3 Å². The van der Waals surface area contributed by atoms with Crippen LogP contribution in [0.15, 0.2) is 53.5 Å². The molecule has 1 saturated carbocycles. The second-order valence-corrected chi connectivity index (χ2v) is 12.1. The Labute approximate surface area is 240 Å². The summed E-state index contributed by atoms with van der Waals surface area (Å²) in [6.07, 6.45) is 4.35. The van der Waals surface area contributed by atoms with Crippen LogP contribution in [0.25, 0.3) is 0 Å². The number of hydrogen-bond donors (Lipinski definition) is 2. The van der Waals surface area contributed by atoms with Crippen molar-refractivity contribution in [3.05, 3.63) is 76.9 Å². The van der Waals surface area contributed by atoms with Gasteiger partial charge < -0.3 is 10.2 Å². The maximum atomic E-state index is 14.3. The van der Waals surface area contributed by atoms with Crippen molar-refractivity contribution >= 4 is 17.5 Å². The van der Waals surface area contributed by atoms with Crippen LogP contribution in [0.5, 0.6) is 0 Å². The summed E-state index contributed by atoms with van der Waals surface area (Å²) < 4.78 is 13.8. The number of amides is 2. The zero-order chi connectivity index (χ0) is 29.1. The number of benzene rings is 2. The number of nitrogens with one attached hydrogen (secondary N) is 2. The van der Waals surface area contributed by atoms with Gasteiger partial charge in [0.15, 0.2) is 5.82 Å². The second kappa shape index (κ2) is 11.9. The lowest BCUT2D eigenvalue weighted by atomic mass is 9.75. The van der Waals surface area contributed by atoms with Gasteiger partial charge in [0, 0.05) is 11.1 Å². The highest BCUT2D eigenvalue weighted by molar-refractivity contribution is 6.46. The molecule has 41 heavy (non-hydrogen) atoms. The van der Waals surface area contributed by atoms with Gasteiger partial charge >= 0.3 is 0 Å². The van der Waals surface area contributed by atoms with Crippen molar-refractivity contribution in [2.75, 3.05) is 0 Å². The Morgan fingerprint density at radius 1 is 1.07 bits per heavy atom. The number of halogens is 1. The molecule has 1 fully saturated rings. The molecule has 0 saturated heterocycles. The van der Waals surface area contributed by atoms with E-state index in [4.69, 9.17) is 4.99 Å². The Morgan fingerprint density at radius 3 is 2.37 bits per heavy atom. The Kier molecular flexibility index (Phi) is 8.28. The summed E-state index contributed by atoms with van der Waals surface area (Å²) in [6.45, 7) is 8.99. The molecule has 1 aliphatic heterocycles. The number of rotatable bonds is 9. The highest BCUT2D eigenvalue weighted by Crippen LogP contribution is 2.48. The molecule has 2 N–H and O–H groups in total. The van der Waals surface area contributed by atoms with Gasteiger partial charge in [-0.2, -0.15) is 5.21 Å². The number of aliphatic imine (C=N–C) groups is 1. The van der Waals surface area contributed by atoms with Crippen LogP contribution in [0.1, 0.15) is 93.2 Å². The molecule has 3 atom stereocenters. The summed E-state index contributed by atoms with van der Waals surface area (Å²) >= 11 is 0. The molecule has 0 bridgehead atoms. The van der Waals surface area contributed by atoms with Gasteiger partial charge in [0.05, 0.1) is 12.6 Å². The van der Waals surface area contributed by atoms with Gasteiger partial charge in [-0.1, -0.05) is 45.0 Å². The third-order valence-corrected chi connectivity index (χ3v) is 8.15. The van der Waals surface area contributed by atoms with Crippen LogP contribution in [0, 0.1) is 23.6 Å². The fourth-order valence-corrected chi connectivity index (χ4v) is 6.49. The van der Waals surface area contributed by atoms with Gasteiger partial charge in [-0.25, -0.2) is 4.39 Å². The minimum atomic E-state index is -0.666. The normalized spacial score (nSPS) is 23.2. The maximum Gasteiger partial charge on any atom is 0.275 e. The summed E-state index contributed by atoms with van der Waals surface area (Å²) in [5.74, 6) is 0.946. The van der Waals surface area contributed by atoms with Gasteiger partial charge in [0.25, 0.3) is 11.8 Å². The van der Waals surface area contributed by atoms with Gasteiger partial charge in [-0.3, -0.25) is 14.6 Å². The fourth-order valence-electron chi connectivity index (χ4n) is 6.49.